The van der Waals surface area contributed by atoms with Gasteiger partial charge in [-0.05, 0) is 36.4 Å². The zero-order valence-corrected chi connectivity index (χ0v) is 15.5. The average molecular weight is 409 g/mol. The van der Waals surface area contributed by atoms with E-state index in [-0.39, 0.29) is 17.4 Å². The minimum atomic E-state index is -4.44. The van der Waals surface area contributed by atoms with Crippen LogP contribution in [0.25, 0.3) is 22.7 Å². The fourth-order valence-corrected chi connectivity index (χ4v) is 3.87. The smallest absolute Gasteiger partial charge is 0.321 e. The second kappa shape index (κ2) is 6.88. The molecule has 0 aliphatic rings. The highest BCUT2D eigenvalue weighted by atomic mass is 32.2. The molecule has 2 N–H and O–H groups in total. The maximum Gasteiger partial charge on any atom is 0.321 e. The molecule has 0 saturated heterocycles. The average Bonchev–Trinajstić information content (AvgIpc) is 3.34. The molecule has 0 spiro atoms. The van der Waals surface area contributed by atoms with Crippen LogP contribution in [0.15, 0.2) is 70.2 Å². The van der Waals surface area contributed by atoms with Gasteiger partial charge in [-0.15, -0.1) is 4.09 Å². The highest BCUT2D eigenvalue weighted by molar-refractivity contribution is 7.89. The molecule has 0 aliphatic heterocycles. The van der Waals surface area contributed by atoms with E-state index in [1.165, 1.54) is 30.3 Å². The van der Waals surface area contributed by atoms with Crippen LogP contribution < -0.4 is 5.73 Å². The Balaban J connectivity index is 1.81. The van der Waals surface area contributed by atoms with Gasteiger partial charge in [-0.1, -0.05) is 18.2 Å². The van der Waals surface area contributed by atoms with Gasteiger partial charge in [-0.25, -0.2) is 4.39 Å². The zero-order valence-electron chi connectivity index (χ0n) is 14.7. The van der Waals surface area contributed by atoms with Crippen LogP contribution in [0.1, 0.15) is 5.69 Å². The number of anilines is 1. The first-order valence-corrected chi connectivity index (χ1v) is 9.67. The van der Waals surface area contributed by atoms with Gasteiger partial charge in [0.05, 0.1) is 5.69 Å². The number of oxazole rings is 1. The third-order valence-corrected chi connectivity index (χ3v) is 5.52. The predicted molar refractivity (Wildman–Crippen MR) is 101 cm³/mol. The van der Waals surface area contributed by atoms with Crippen molar-refractivity contribution in [3.63, 3.8) is 0 Å². The van der Waals surface area contributed by atoms with Gasteiger partial charge in [0.15, 0.2) is 0 Å². The van der Waals surface area contributed by atoms with Crippen molar-refractivity contribution in [2.75, 3.05) is 5.73 Å². The first-order valence-electron chi connectivity index (χ1n) is 8.23. The van der Waals surface area contributed by atoms with Gasteiger partial charge >= 0.3 is 10.0 Å². The highest BCUT2D eigenvalue weighted by Crippen LogP contribution is 2.29. The number of benzene rings is 2. The second-order valence-electron chi connectivity index (χ2n) is 5.94. The molecular formula is C19H12FN5O3S. The first-order chi connectivity index (χ1) is 13.9. The molecule has 0 atom stereocenters. The van der Waals surface area contributed by atoms with Crippen LogP contribution in [0, 0.1) is 17.1 Å². The lowest BCUT2D eigenvalue weighted by molar-refractivity contribution is 0.452. The Labute approximate surface area is 164 Å². The minimum absolute atomic E-state index is 0.0230. The van der Waals surface area contributed by atoms with Crippen molar-refractivity contribution in [3.05, 3.63) is 72.2 Å². The molecule has 4 rings (SSSR count). The minimum Gasteiger partial charge on any atom is -0.421 e. The molecule has 0 aliphatic carbocycles. The number of nitrogens with zero attached hydrogens (tertiary/aromatic N) is 4. The third kappa shape index (κ3) is 3.24. The van der Waals surface area contributed by atoms with Crippen molar-refractivity contribution in [1.82, 2.24) is 14.2 Å². The van der Waals surface area contributed by atoms with E-state index in [0.29, 0.717) is 15.2 Å². The van der Waals surface area contributed by atoms with Crippen molar-refractivity contribution >= 4 is 15.8 Å². The van der Waals surface area contributed by atoms with Crippen molar-refractivity contribution in [1.29, 1.82) is 5.26 Å². The summed E-state index contributed by atoms with van der Waals surface area (Å²) in [5, 5.41) is 12.7. The van der Waals surface area contributed by atoms with Crippen LogP contribution in [0.4, 0.5) is 10.2 Å². The van der Waals surface area contributed by atoms with E-state index in [1.807, 2.05) is 0 Å². The van der Waals surface area contributed by atoms with Crippen molar-refractivity contribution in [2.24, 2.45) is 0 Å². The number of halogens is 1. The summed E-state index contributed by atoms with van der Waals surface area (Å²) in [5.74, 6) is -0.668. The molecular weight excluding hydrogens is 397 g/mol. The lowest BCUT2D eigenvalue weighted by Crippen LogP contribution is -2.17. The Bertz CT molecular complexity index is 1340. The summed E-state index contributed by atoms with van der Waals surface area (Å²) in [4.78, 5) is 3.96. The number of nitrogen functional groups attached to an aromatic ring is 1. The predicted octanol–water partition coefficient (Wildman–Crippen LogP) is 3.04. The fourth-order valence-electron chi connectivity index (χ4n) is 2.67. The largest absolute Gasteiger partial charge is 0.421 e. The Morgan fingerprint density at radius 1 is 1.07 bits per heavy atom. The Morgan fingerprint density at radius 2 is 1.76 bits per heavy atom. The molecule has 10 heteroatoms. The molecule has 0 fully saturated rings. The van der Waals surface area contributed by atoms with Crippen molar-refractivity contribution < 1.29 is 17.2 Å². The molecule has 2 aromatic heterocycles. The van der Waals surface area contributed by atoms with Crippen LogP contribution in [0.3, 0.4) is 0 Å². The highest BCUT2D eigenvalue weighted by Gasteiger charge is 2.31. The number of aromatic nitrogens is 3. The van der Waals surface area contributed by atoms with Crippen LogP contribution in [-0.2, 0) is 10.0 Å². The summed E-state index contributed by atoms with van der Waals surface area (Å²) in [7, 11) is -4.44. The van der Waals surface area contributed by atoms with E-state index in [0.717, 1.165) is 0 Å². The lowest BCUT2D eigenvalue weighted by Gasteiger charge is -2.03. The van der Waals surface area contributed by atoms with Gasteiger partial charge in [-0.3, -0.25) is 0 Å². The molecule has 2 aromatic carbocycles. The molecule has 0 amide bonds. The Kier molecular flexibility index (Phi) is 4.37. The summed E-state index contributed by atoms with van der Waals surface area (Å²) >= 11 is 0. The van der Waals surface area contributed by atoms with Crippen LogP contribution in [0.5, 0.6) is 0 Å². The summed E-state index contributed by atoms with van der Waals surface area (Å²) in [6.07, 6.45) is 0. The van der Waals surface area contributed by atoms with Gasteiger partial charge in [0.2, 0.25) is 11.6 Å². The molecule has 2 heterocycles. The molecule has 29 heavy (non-hydrogen) atoms. The topological polar surface area (TPSA) is 128 Å². The van der Waals surface area contributed by atoms with Crippen molar-refractivity contribution in [2.45, 2.75) is 5.09 Å². The maximum atomic E-state index is 13.1. The van der Waals surface area contributed by atoms with Gasteiger partial charge in [0, 0.05) is 17.2 Å². The number of hydrogen-bond donors (Lipinski definition) is 1. The van der Waals surface area contributed by atoms with Crippen LogP contribution >= 0.6 is 0 Å². The van der Waals surface area contributed by atoms with Gasteiger partial charge in [0.1, 0.15) is 17.7 Å². The lowest BCUT2D eigenvalue weighted by atomic mass is 10.1. The molecule has 4 aromatic rings. The monoisotopic (exact) mass is 409 g/mol. The van der Waals surface area contributed by atoms with E-state index in [1.54, 1.807) is 36.4 Å². The molecule has 0 radical (unpaired) electrons. The molecule has 0 saturated carbocycles. The van der Waals surface area contributed by atoms with E-state index < -0.39 is 26.6 Å². The normalized spacial score (nSPS) is 11.3. The van der Waals surface area contributed by atoms with Crippen LogP contribution in [0.2, 0.25) is 0 Å². The summed E-state index contributed by atoms with van der Waals surface area (Å²) in [6, 6.07) is 16.9. The summed E-state index contributed by atoms with van der Waals surface area (Å²) in [5.41, 5.74) is 6.62. The van der Waals surface area contributed by atoms with E-state index >= 15 is 0 Å². The molecule has 8 nitrogen and oxygen atoms in total. The number of nitrogens with two attached hydrogens (primary N) is 1. The van der Waals surface area contributed by atoms with Crippen LogP contribution in [-0.4, -0.2) is 22.6 Å². The second-order valence-corrected chi connectivity index (χ2v) is 7.61. The molecule has 0 bridgehead atoms. The van der Waals surface area contributed by atoms with E-state index in [2.05, 4.69) is 10.1 Å². The zero-order chi connectivity index (χ0) is 20.6. The standard InChI is InChI=1S/C19H12FN5O3S/c20-14-8-6-12(7-9-14)15-10-17(22)25(24-15)29(26,27)19-16(11-21)23-18(28-19)13-4-2-1-3-5-13/h1-10H,22H2. The molecule has 144 valence electrons. The number of hydrogen-bond acceptors (Lipinski definition) is 7. The third-order valence-electron chi connectivity index (χ3n) is 4.03. The SMILES string of the molecule is N#Cc1nc(-c2ccccc2)oc1S(=O)(=O)n1nc(-c2ccc(F)cc2)cc1N. The quantitative estimate of drug-likeness (QED) is 0.548. The van der Waals surface area contributed by atoms with E-state index in [9.17, 15) is 18.1 Å². The van der Waals surface area contributed by atoms with Gasteiger partial charge in [-0.2, -0.15) is 23.8 Å². The maximum absolute atomic E-state index is 13.1. The summed E-state index contributed by atoms with van der Waals surface area (Å²) in [6.45, 7) is 0. The fraction of sp³-hybridized carbons (Fsp3) is 0. The number of rotatable bonds is 4. The Hall–Kier alpha value is -3.97. The molecule has 0 unspecified atom stereocenters. The van der Waals surface area contributed by atoms with E-state index in [4.69, 9.17) is 10.2 Å². The van der Waals surface area contributed by atoms with Gasteiger partial charge < -0.3 is 10.2 Å². The first kappa shape index (κ1) is 18.4. The number of nitriles is 1. The Morgan fingerprint density at radius 3 is 2.41 bits per heavy atom. The van der Waals surface area contributed by atoms with Gasteiger partial charge in [0.25, 0.3) is 5.09 Å². The van der Waals surface area contributed by atoms with Crippen molar-refractivity contribution in [3.8, 4) is 28.8 Å². The summed E-state index contributed by atoms with van der Waals surface area (Å²) < 4.78 is 45.2.